The first-order valence-electron chi connectivity index (χ1n) is 14.6. The number of aliphatic imine (C=N–C) groups is 1. The molecule has 226 valence electrons. The number of hydrogen-bond acceptors (Lipinski definition) is 8. The number of rotatable bonds is 8. The number of H-pyrrole nitrogens is 1. The third kappa shape index (κ3) is 7.26. The van der Waals surface area contributed by atoms with Gasteiger partial charge in [-0.1, -0.05) is 34.1 Å². The van der Waals surface area contributed by atoms with E-state index in [1.807, 2.05) is 36.4 Å². The average Bonchev–Trinajstić information content (AvgIpc) is 3.50. The van der Waals surface area contributed by atoms with E-state index >= 15 is 0 Å². The molecule has 2 fully saturated rings. The molecule has 5 heterocycles. The van der Waals surface area contributed by atoms with E-state index in [1.54, 1.807) is 18.6 Å². The normalized spacial score (nSPS) is 17.0. The number of nitrogens with zero attached hydrogens (tertiary/aromatic N) is 6. The quantitative estimate of drug-likeness (QED) is 0.208. The Bertz CT molecular complexity index is 1700. The summed E-state index contributed by atoms with van der Waals surface area (Å²) in [6, 6.07) is 13.5. The van der Waals surface area contributed by atoms with Crippen molar-refractivity contribution in [1.29, 1.82) is 0 Å². The molecule has 4 aromatic rings. The Labute approximate surface area is 263 Å². The zero-order valence-corrected chi connectivity index (χ0v) is 25.8. The van der Waals surface area contributed by atoms with Crippen molar-refractivity contribution in [2.24, 2.45) is 4.99 Å². The fourth-order valence-corrected chi connectivity index (χ4v) is 5.67. The molecule has 12 heteroatoms. The van der Waals surface area contributed by atoms with Gasteiger partial charge in [0.05, 0.1) is 18.6 Å². The number of pyridine rings is 1. The van der Waals surface area contributed by atoms with Gasteiger partial charge in [0.15, 0.2) is 0 Å². The van der Waals surface area contributed by atoms with Gasteiger partial charge in [0.25, 0.3) is 11.8 Å². The highest BCUT2D eigenvalue weighted by Crippen LogP contribution is 2.29. The number of benzene rings is 1. The van der Waals surface area contributed by atoms with Gasteiger partial charge in [0.1, 0.15) is 23.5 Å². The first-order chi connectivity index (χ1) is 21.6. The predicted molar refractivity (Wildman–Crippen MR) is 174 cm³/mol. The van der Waals surface area contributed by atoms with E-state index in [4.69, 9.17) is 4.74 Å². The van der Waals surface area contributed by atoms with Crippen molar-refractivity contribution in [3.63, 3.8) is 0 Å². The van der Waals surface area contributed by atoms with Gasteiger partial charge in [-0.05, 0) is 60.8 Å². The molecule has 6 rings (SSSR count). The SMILES string of the molecule is O=C(/C=C/CBr)N=C1CCCN(Cc2ccnc(C(=O)Nc3ccc(-c4cc5c(N6CCOCC6)ncnc5[nH]4)cc3)c2)C1. The van der Waals surface area contributed by atoms with Crippen LogP contribution in [0.4, 0.5) is 11.5 Å². The maximum absolute atomic E-state index is 13.1. The summed E-state index contributed by atoms with van der Waals surface area (Å²) in [5.74, 6) is 0.396. The molecule has 11 nitrogen and oxygen atoms in total. The number of halogens is 1. The van der Waals surface area contributed by atoms with Crippen molar-refractivity contribution in [2.75, 3.05) is 54.9 Å². The Hall–Kier alpha value is -4.26. The summed E-state index contributed by atoms with van der Waals surface area (Å²) in [6.07, 6.45) is 8.22. The highest BCUT2D eigenvalue weighted by atomic mass is 79.9. The number of allylic oxidation sites excluding steroid dienone is 1. The molecule has 2 N–H and O–H groups in total. The number of aromatic amines is 1. The van der Waals surface area contributed by atoms with E-state index in [0.717, 1.165) is 71.9 Å². The van der Waals surface area contributed by atoms with Crippen molar-refractivity contribution in [3.05, 3.63) is 78.4 Å². The number of likely N-dealkylation sites (tertiary alicyclic amines) is 1. The van der Waals surface area contributed by atoms with Crippen LogP contribution < -0.4 is 10.2 Å². The highest BCUT2D eigenvalue weighted by Gasteiger charge is 2.19. The summed E-state index contributed by atoms with van der Waals surface area (Å²) >= 11 is 3.28. The summed E-state index contributed by atoms with van der Waals surface area (Å²) in [6.45, 7) is 5.13. The molecule has 0 atom stereocenters. The van der Waals surface area contributed by atoms with Crippen molar-refractivity contribution >= 4 is 56.0 Å². The van der Waals surface area contributed by atoms with E-state index in [9.17, 15) is 9.59 Å². The van der Waals surface area contributed by atoms with Crippen molar-refractivity contribution in [1.82, 2.24) is 24.8 Å². The zero-order valence-electron chi connectivity index (χ0n) is 24.2. The molecule has 0 bridgehead atoms. The van der Waals surface area contributed by atoms with E-state index < -0.39 is 0 Å². The van der Waals surface area contributed by atoms with E-state index in [1.165, 1.54) is 6.08 Å². The number of carbonyl (C=O) groups excluding carboxylic acids is 2. The minimum absolute atomic E-state index is 0.231. The van der Waals surface area contributed by atoms with Crippen molar-refractivity contribution < 1.29 is 14.3 Å². The number of amides is 2. The van der Waals surface area contributed by atoms with Crippen molar-refractivity contribution in [2.45, 2.75) is 19.4 Å². The van der Waals surface area contributed by atoms with E-state index in [0.29, 0.717) is 43.0 Å². The lowest BCUT2D eigenvalue weighted by Crippen LogP contribution is -2.36. The Morgan fingerprint density at radius 2 is 1.91 bits per heavy atom. The van der Waals surface area contributed by atoms with Gasteiger partial charge in [-0.3, -0.25) is 19.5 Å². The van der Waals surface area contributed by atoms with Crippen LogP contribution in [0.5, 0.6) is 0 Å². The van der Waals surface area contributed by atoms with Crippen LogP contribution in [0, 0.1) is 0 Å². The predicted octanol–water partition coefficient (Wildman–Crippen LogP) is 4.62. The zero-order chi connectivity index (χ0) is 30.3. The Kier molecular flexibility index (Phi) is 9.49. The van der Waals surface area contributed by atoms with Crippen LogP contribution in [0.2, 0.25) is 0 Å². The number of alkyl halides is 1. The fraction of sp³-hybridized carbons (Fsp3) is 0.312. The van der Waals surface area contributed by atoms with E-state index in [-0.39, 0.29) is 11.8 Å². The number of ether oxygens (including phenoxy) is 1. The maximum atomic E-state index is 13.1. The van der Waals surface area contributed by atoms with Gasteiger partial charge in [0, 0.05) is 60.9 Å². The average molecular weight is 658 g/mol. The summed E-state index contributed by atoms with van der Waals surface area (Å²) in [7, 11) is 0. The van der Waals surface area contributed by atoms with E-state index in [2.05, 4.69) is 62.0 Å². The lowest BCUT2D eigenvalue weighted by Gasteiger charge is -2.27. The van der Waals surface area contributed by atoms with Gasteiger partial charge in [-0.2, -0.15) is 0 Å². The summed E-state index contributed by atoms with van der Waals surface area (Å²) in [5.41, 5.74) is 5.55. The maximum Gasteiger partial charge on any atom is 0.274 e. The Balaban J connectivity index is 1.09. The summed E-state index contributed by atoms with van der Waals surface area (Å²) in [4.78, 5) is 50.5. The number of piperidine rings is 1. The van der Waals surface area contributed by atoms with Crippen LogP contribution >= 0.6 is 15.9 Å². The number of carbonyl (C=O) groups is 2. The molecule has 0 aliphatic carbocycles. The Morgan fingerprint density at radius 1 is 1.07 bits per heavy atom. The molecular formula is C32H33BrN8O3. The number of fused-ring (bicyclic) bond motifs is 1. The largest absolute Gasteiger partial charge is 0.378 e. The van der Waals surface area contributed by atoms with Gasteiger partial charge in [-0.25, -0.2) is 15.0 Å². The van der Waals surface area contributed by atoms with Crippen LogP contribution in [0.25, 0.3) is 22.3 Å². The second-order valence-corrected chi connectivity index (χ2v) is 11.4. The number of aromatic nitrogens is 4. The lowest BCUT2D eigenvalue weighted by molar-refractivity contribution is -0.113. The number of hydrogen-bond donors (Lipinski definition) is 2. The third-order valence-corrected chi connectivity index (χ3v) is 7.97. The van der Waals surface area contributed by atoms with Crippen LogP contribution in [-0.4, -0.2) is 87.1 Å². The fourth-order valence-electron chi connectivity index (χ4n) is 5.48. The number of nitrogens with one attached hydrogen (secondary N) is 2. The molecule has 0 spiro atoms. The molecule has 2 aliphatic rings. The molecule has 2 amide bonds. The van der Waals surface area contributed by atoms with Gasteiger partial charge in [0.2, 0.25) is 0 Å². The molecule has 2 saturated heterocycles. The molecule has 0 saturated carbocycles. The van der Waals surface area contributed by atoms with Crippen LogP contribution in [0.15, 0.2) is 72.1 Å². The standard InChI is InChI=1S/C32H33BrN8O3/c33-10-1-4-29(42)37-25-3-2-12-40(20-25)19-22-9-11-34-28(17-22)32(43)38-24-7-5-23(6-8-24)27-18-26-30(39-27)35-21-36-31(26)41-13-15-44-16-14-41/h1,4-9,11,17-18,21H,2-3,10,12-16,19-20H2,(H,38,43)(H,35,36,39)/b4-1+,37-25?. The molecule has 0 unspecified atom stereocenters. The van der Waals surface area contributed by atoms with Crippen LogP contribution in [0.3, 0.4) is 0 Å². The topological polar surface area (TPSA) is 129 Å². The smallest absolute Gasteiger partial charge is 0.274 e. The molecule has 0 radical (unpaired) electrons. The minimum atomic E-state index is -0.277. The molecule has 1 aromatic carbocycles. The first-order valence-corrected chi connectivity index (χ1v) is 15.8. The first kappa shape index (κ1) is 29.8. The molecule has 2 aliphatic heterocycles. The highest BCUT2D eigenvalue weighted by molar-refractivity contribution is 9.09. The summed E-state index contributed by atoms with van der Waals surface area (Å²) in [5, 5.41) is 4.55. The third-order valence-electron chi connectivity index (χ3n) is 7.60. The second kappa shape index (κ2) is 14.0. The lowest BCUT2D eigenvalue weighted by atomic mass is 10.1. The van der Waals surface area contributed by atoms with Crippen molar-refractivity contribution in [3.8, 4) is 11.3 Å². The molecule has 3 aromatic heterocycles. The number of anilines is 2. The second-order valence-electron chi connectivity index (χ2n) is 10.7. The monoisotopic (exact) mass is 656 g/mol. The van der Waals surface area contributed by atoms with Crippen LogP contribution in [0.1, 0.15) is 28.9 Å². The molecular weight excluding hydrogens is 624 g/mol. The minimum Gasteiger partial charge on any atom is -0.378 e. The van der Waals surface area contributed by atoms with Crippen LogP contribution in [-0.2, 0) is 16.1 Å². The van der Waals surface area contributed by atoms with Gasteiger partial charge < -0.3 is 19.9 Å². The molecule has 44 heavy (non-hydrogen) atoms. The summed E-state index contributed by atoms with van der Waals surface area (Å²) < 4.78 is 5.49. The number of morpholine rings is 1. The van der Waals surface area contributed by atoms with Gasteiger partial charge in [-0.15, -0.1) is 0 Å². The van der Waals surface area contributed by atoms with Gasteiger partial charge >= 0.3 is 0 Å². The Morgan fingerprint density at radius 3 is 2.73 bits per heavy atom.